The molecule has 198 valence electrons. The summed E-state index contributed by atoms with van der Waals surface area (Å²) in [4.78, 5) is 22.6. The first kappa shape index (κ1) is 26.9. The molecule has 0 aromatic carbocycles. The fraction of sp³-hybridized carbons (Fsp3) is 0.867. The zero-order chi connectivity index (χ0) is 25.9. The molecule has 3 N–H and O–H groups in total. The number of carbonyl (C=O) groups is 2. The highest BCUT2D eigenvalue weighted by Crippen LogP contribution is 2.87. The molecular formula is C30H48O5. The molecule has 1 unspecified atom stereocenters. The van der Waals surface area contributed by atoms with E-state index in [0.29, 0.717) is 24.2 Å². The summed E-state index contributed by atoms with van der Waals surface area (Å²) in [6.45, 7) is 10.8. The Morgan fingerprint density at radius 3 is 2.49 bits per heavy atom. The van der Waals surface area contributed by atoms with Crippen molar-refractivity contribution in [3.05, 3.63) is 11.6 Å². The van der Waals surface area contributed by atoms with E-state index in [0.717, 1.165) is 50.4 Å². The van der Waals surface area contributed by atoms with E-state index in [1.807, 2.05) is 6.92 Å². The van der Waals surface area contributed by atoms with Crippen molar-refractivity contribution in [1.82, 2.24) is 0 Å². The standard InChI is InChI=1S/C30H48O5/c1-20(17-31)7-6-8-21(2)22-11-13-27(4)23-9-10-24(28(5,35)19-32)29(14-12-25(33)34)18-30(23,29)16-15-26(22,27)3/h7,17,21-24,32,35H,6,8-16,18-19H2,1-5H3,(H,33,34)/t21-,22-,23+,24+,26-,27+,28?,29-,30+/m1/s1. The van der Waals surface area contributed by atoms with Crippen LogP contribution < -0.4 is 0 Å². The Balaban J connectivity index is 1.60. The van der Waals surface area contributed by atoms with E-state index in [2.05, 4.69) is 26.8 Å². The summed E-state index contributed by atoms with van der Waals surface area (Å²) in [5, 5.41) is 30.8. The smallest absolute Gasteiger partial charge is 0.303 e. The van der Waals surface area contributed by atoms with Crippen LogP contribution in [-0.2, 0) is 9.59 Å². The normalized spacial score (nSPS) is 45.0. The third-order valence-corrected chi connectivity index (χ3v) is 12.3. The van der Waals surface area contributed by atoms with Gasteiger partial charge in [-0.25, -0.2) is 0 Å². The van der Waals surface area contributed by atoms with Gasteiger partial charge in [-0.2, -0.15) is 0 Å². The summed E-state index contributed by atoms with van der Waals surface area (Å²) in [7, 11) is 0. The molecule has 4 saturated carbocycles. The molecule has 9 atom stereocenters. The number of rotatable bonds is 10. The van der Waals surface area contributed by atoms with E-state index in [-0.39, 0.29) is 40.6 Å². The maximum absolute atomic E-state index is 11.6. The molecule has 5 nitrogen and oxygen atoms in total. The average molecular weight is 489 g/mol. The Hall–Kier alpha value is -1.20. The number of aliphatic hydroxyl groups excluding tert-OH is 1. The van der Waals surface area contributed by atoms with Crippen molar-refractivity contribution in [3.63, 3.8) is 0 Å². The molecule has 0 amide bonds. The van der Waals surface area contributed by atoms with Gasteiger partial charge in [0.05, 0.1) is 12.2 Å². The molecule has 1 spiro atoms. The number of aldehydes is 1. The highest BCUT2D eigenvalue weighted by Gasteiger charge is 2.81. The van der Waals surface area contributed by atoms with Gasteiger partial charge in [-0.1, -0.05) is 26.8 Å². The summed E-state index contributed by atoms with van der Waals surface area (Å²) < 4.78 is 0. The van der Waals surface area contributed by atoms with Crippen LogP contribution in [0.2, 0.25) is 0 Å². The van der Waals surface area contributed by atoms with Crippen LogP contribution in [0.4, 0.5) is 0 Å². The van der Waals surface area contributed by atoms with Gasteiger partial charge in [-0.05, 0) is 129 Å². The van der Waals surface area contributed by atoms with Crippen molar-refractivity contribution in [3.8, 4) is 0 Å². The van der Waals surface area contributed by atoms with Gasteiger partial charge in [0.2, 0.25) is 0 Å². The number of allylic oxidation sites excluding steroid dienone is 2. The first-order chi connectivity index (χ1) is 16.3. The third kappa shape index (κ3) is 3.86. The van der Waals surface area contributed by atoms with Crippen molar-refractivity contribution in [1.29, 1.82) is 0 Å². The van der Waals surface area contributed by atoms with Crippen molar-refractivity contribution in [2.75, 3.05) is 6.61 Å². The van der Waals surface area contributed by atoms with Gasteiger partial charge < -0.3 is 15.3 Å². The zero-order valence-corrected chi connectivity index (χ0v) is 22.6. The summed E-state index contributed by atoms with van der Waals surface area (Å²) >= 11 is 0. The maximum atomic E-state index is 11.6. The number of aliphatic hydroxyl groups is 2. The minimum atomic E-state index is -1.16. The Bertz CT molecular complexity index is 878. The number of fused-ring (bicyclic) bond motifs is 2. The average Bonchev–Trinajstić information content (AvgIpc) is 3.40. The van der Waals surface area contributed by atoms with Gasteiger partial charge >= 0.3 is 5.97 Å². The van der Waals surface area contributed by atoms with Crippen LogP contribution in [0.5, 0.6) is 0 Å². The fourth-order valence-corrected chi connectivity index (χ4v) is 10.4. The first-order valence-corrected chi connectivity index (χ1v) is 14.0. The Morgan fingerprint density at radius 1 is 1.14 bits per heavy atom. The number of hydrogen-bond acceptors (Lipinski definition) is 4. The Morgan fingerprint density at radius 2 is 1.86 bits per heavy atom. The van der Waals surface area contributed by atoms with Gasteiger partial charge in [0.25, 0.3) is 0 Å². The van der Waals surface area contributed by atoms with Crippen LogP contribution in [0.15, 0.2) is 11.6 Å². The van der Waals surface area contributed by atoms with Gasteiger partial charge in [0.1, 0.15) is 6.29 Å². The van der Waals surface area contributed by atoms with Crippen LogP contribution in [0.25, 0.3) is 0 Å². The van der Waals surface area contributed by atoms with Gasteiger partial charge in [-0.3, -0.25) is 9.59 Å². The van der Waals surface area contributed by atoms with Crippen LogP contribution >= 0.6 is 0 Å². The SMILES string of the molecule is CC(C=O)=CCC[C@@H](C)[C@H]1CC[C@@]2(C)[C@@H]3CC[C@@H](C(C)(O)CO)[C@@]4(CCC(=O)O)C[C@@]34CC[C@]12C. The Labute approximate surface area is 211 Å². The van der Waals surface area contributed by atoms with Crippen LogP contribution in [0.3, 0.4) is 0 Å². The minimum Gasteiger partial charge on any atom is -0.481 e. The molecule has 0 radical (unpaired) electrons. The summed E-state index contributed by atoms with van der Waals surface area (Å²) in [5.41, 5.74) is 0.0983. The monoisotopic (exact) mass is 488 g/mol. The first-order valence-electron chi connectivity index (χ1n) is 14.0. The van der Waals surface area contributed by atoms with E-state index in [1.165, 1.54) is 19.3 Å². The number of carboxylic acids is 1. The lowest BCUT2D eigenvalue weighted by Crippen LogP contribution is -2.57. The maximum Gasteiger partial charge on any atom is 0.303 e. The molecule has 4 aliphatic rings. The van der Waals surface area contributed by atoms with E-state index in [1.54, 1.807) is 6.92 Å². The van der Waals surface area contributed by atoms with Crippen LogP contribution in [0.1, 0.15) is 105 Å². The number of carboxylic acid groups (broad SMARTS) is 1. The summed E-state index contributed by atoms with van der Waals surface area (Å²) in [6, 6.07) is 0. The lowest BCUT2D eigenvalue weighted by Gasteiger charge is -2.61. The summed E-state index contributed by atoms with van der Waals surface area (Å²) in [6.07, 6.45) is 13.6. The van der Waals surface area contributed by atoms with Crippen molar-refractivity contribution in [2.24, 2.45) is 45.3 Å². The molecule has 4 fully saturated rings. The van der Waals surface area contributed by atoms with E-state index >= 15 is 0 Å². The molecule has 0 saturated heterocycles. The quantitative estimate of drug-likeness (QED) is 0.268. The predicted octanol–water partition coefficient (Wildman–Crippen LogP) is 5.78. The second-order valence-electron chi connectivity index (χ2n) is 13.7. The number of aliphatic carboxylic acids is 1. The van der Waals surface area contributed by atoms with E-state index < -0.39 is 11.6 Å². The van der Waals surface area contributed by atoms with Gasteiger partial charge in [-0.15, -0.1) is 0 Å². The topological polar surface area (TPSA) is 94.8 Å². The van der Waals surface area contributed by atoms with E-state index in [9.17, 15) is 24.9 Å². The largest absolute Gasteiger partial charge is 0.481 e. The van der Waals surface area contributed by atoms with Crippen LogP contribution in [-0.4, -0.2) is 39.8 Å². The molecule has 0 aromatic rings. The molecular weight excluding hydrogens is 440 g/mol. The lowest BCUT2D eigenvalue weighted by atomic mass is 9.43. The molecule has 35 heavy (non-hydrogen) atoms. The zero-order valence-electron chi connectivity index (χ0n) is 22.6. The van der Waals surface area contributed by atoms with Gasteiger partial charge in [0.15, 0.2) is 0 Å². The minimum absolute atomic E-state index is 0.0347. The third-order valence-electron chi connectivity index (χ3n) is 12.3. The lowest BCUT2D eigenvalue weighted by molar-refractivity contribution is -0.159. The second kappa shape index (κ2) is 8.97. The second-order valence-corrected chi connectivity index (χ2v) is 13.7. The van der Waals surface area contributed by atoms with E-state index in [4.69, 9.17) is 0 Å². The Kier molecular flexibility index (Phi) is 6.88. The predicted molar refractivity (Wildman–Crippen MR) is 137 cm³/mol. The highest BCUT2D eigenvalue weighted by molar-refractivity contribution is 5.71. The summed E-state index contributed by atoms with van der Waals surface area (Å²) in [5.74, 6) is 1.04. The molecule has 4 aliphatic carbocycles. The van der Waals surface area contributed by atoms with Gasteiger partial charge in [0, 0.05) is 6.42 Å². The fourth-order valence-electron chi connectivity index (χ4n) is 10.4. The molecule has 0 aliphatic heterocycles. The van der Waals surface area contributed by atoms with Crippen LogP contribution in [0, 0.1) is 45.3 Å². The number of hydrogen-bond donors (Lipinski definition) is 3. The van der Waals surface area contributed by atoms with Crippen molar-refractivity contribution >= 4 is 12.3 Å². The van der Waals surface area contributed by atoms with Crippen molar-refractivity contribution in [2.45, 2.75) is 111 Å². The van der Waals surface area contributed by atoms with Crippen molar-refractivity contribution < 1.29 is 24.9 Å². The molecule has 0 aromatic heterocycles. The molecule has 4 rings (SSSR count). The number of carbonyl (C=O) groups excluding carboxylic acids is 1. The highest BCUT2D eigenvalue weighted by atomic mass is 16.4. The molecule has 0 heterocycles. The molecule has 0 bridgehead atoms. The molecule has 5 heteroatoms.